The minimum atomic E-state index is -0.463. The minimum absolute atomic E-state index is 0.158. The molecule has 0 unspecified atom stereocenters. The van der Waals surface area contributed by atoms with Gasteiger partial charge in [0.1, 0.15) is 0 Å². The summed E-state index contributed by atoms with van der Waals surface area (Å²) in [6.07, 6.45) is 0.225. The molecule has 12 heavy (non-hydrogen) atoms. The van der Waals surface area contributed by atoms with Crippen molar-refractivity contribution < 1.29 is 14.3 Å². The third-order valence-corrected chi connectivity index (χ3v) is 1.17. The van der Waals surface area contributed by atoms with Crippen LogP contribution in [0.15, 0.2) is 24.5 Å². The van der Waals surface area contributed by atoms with Crippen LogP contribution in [-0.4, -0.2) is 11.8 Å². The van der Waals surface area contributed by atoms with E-state index in [4.69, 9.17) is 0 Å². The van der Waals surface area contributed by atoms with Gasteiger partial charge in [0.15, 0.2) is 5.76 Å². The first-order valence-electron chi connectivity index (χ1n) is 3.58. The van der Waals surface area contributed by atoms with Crippen LogP contribution in [0, 0.1) is 0 Å². The summed E-state index contributed by atoms with van der Waals surface area (Å²) in [5, 5.41) is 0. The van der Waals surface area contributed by atoms with Crippen molar-refractivity contribution in [2.75, 3.05) is 0 Å². The largest absolute Gasteiger partial charge is 0.423 e. The maximum atomic E-state index is 11.0. The highest BCUT2D eigenvalue weighted by atomic mass is 16.5. The first kappa shape index (κ1) is 10.6. The van der Waals surface area contributed by atoms with Crippen LogP contribution in [0.2, 0.25) is 0 Å². The Hall–Kier alpha value is -1.38. The van der Waals surface area contributed by atoms with Crippen molar-refractivity contribution in [3.8, 4) is 0 Å². The normalized spacial score (nSPS) is 8.83. The summed E-state index contributed by atoms with van der Waals surface area (Å²) in [6, 6.07) is 0. The number of ketones is 1. The molecule has 0 aromatic rings. The molecule has 0 amide bonds. The monoisotopic (exact) mass is 168 g/mol. The van der Waals surface area contributed by atoms with Crippen LogP contribution in [-0.2, 0) is 14.3 Å². The number of carbonyl (C=O) groups excluding carboxylic acids is 2. The lowest BCUT2D eigenvalue weighted by atomic mass is 10.2. The van der Waals surface area contributed by atoms with Crippen LogP contribution >= 0.6 is 0 Å². The lowest BCUT2D eigenvalue weighted by molar-refractivity contribution is -0.141. The highest BCUT2D eigenvalue weighted by Crippen LogP contribution is 2.04. The van der Waals surface area contributed by atoms with E-state index in [9.17, 15) is 9.59 Å². The maximum absolute atomic E-state index is 11.0. The SMILES string of the molecule is C=C(C)C(=O)C(=C)OC(=O)CC. The minimum Gasteiger partial charge on any atom is -0.423 e. The van der Waals surface area contributed by atoms with Gasteiger partial charge in [-0.2, -0.15) is 0 Å². The van der Waals surface area contributed by atoms with Crippen molar-refractivity contribution in [2.24, 2.45) is 0 Å². The predicted octanol–water partition coefficient (Wildman–Crippen LogP) is 1.60. The fourth-order valence-corrected chi connectivity index (χ4v) is 0.494. The molecule has 0 radical (unpaired) electrons. The summed E-state index contributed by atoms with van der Waals surface area (Å²) in [6.45, 7) is 9.89. The summed E-state index contributed by atoms with van der Waals surface area (Å²) in [5.41, 5.74) is 0.309. The molecule has 0 rings (SSSR count). The Morgan fingerprint density at radius 1 is 1.33 bits per heavy atom. The van der Waals surface area contributed by atoms with Gasteiger partial charge in [-0.1, -0.05) is 20.1 Å². The average Bonchev–Trinajstić information content (AvgIpc) is 2.02. The summed E-state index contributed by atoms with van der Waals surface area (Å²) in [5.74, 6) is -1.04. The van der Waals surface area contributed by atoms with Crippen LogP contribution in [0.1, 0.15) is 20.3 Å². The van der Waals surface area contributed by atoms with Crippen LogP contribution in [0.3, 0.4) is 0 Å². The average molecular weight is 168 g/mol. The molecule has 0 aliphatic carbocycles. The topological polar surface area (TPSA) is 43.4 Å². The number of rotatable bonds is 4. The van der Waals surface area contributed by atoms with Gasteiger partial charge in [0, 0.05) is 6.42 Å². The van der Waals surface area contributed by atoms with Crippen molar-refractivity contribution in [3.05, 3.63) is 24.5 Å². The van der Waals surface area contributed by atoms with Gasteiger partial charge in [-0.25, -0.2) is 0 Å². The summed E-state index contributed by atoms with van der Waals surface area (Å²) in [4.78, 5) is 21.7. The second kappa shape index (κ2) is 4.49. The van der Waals surface area contributed by atoms with E-state index in [2.05, 4.69) is 17.9 Å². The highest BCUT2D eigenvalue weighted by molar-refractivity contribution is 6.06. The molecule has 0 bridgehead atoms. The zero-order chi connectivity index (χ0) is 9.72. The molecule has 0 aromatic heterocycles. The van der Waals surface area contributed by atoms with E-state index in [1.165, 1.54) is 6.92 Å². The third kappa shape index (κ3) is 3.14. The number of carbonyl (C=O) groups is 2. The first-order chi connectivity index (χ1) is 5.49. The number of hydrogen-bond acceptors (Lipinski definition) is 3. The number of Topliss-reactive ketones (excluding diaryl/α,β-unsaturated/α-hetero) is 1. The van der Waals surface area contributed by atoms with E-state index in [1.54, 1.807) is 6.92 Å². The van der Waals surface area contributed by atoms with E-state index in [0.717, 1.165) is 0 Å². The summed E-state index contributed by atoms with van der Waals surface area (Å²) in [7, 11) is 0. The molecule has 0 aliphatic heterocycles. The van der Waals surface area contributed by atoms with E-state index >= 15 is 0 Å². The standard InChI is InChI=1S/C9H12O3/c1-5-8(10)12-7(4)9(11)6(2)3/h2,4-5H2,1,3H3. The zero-order valence-corrected chi connectivity index (χ0v) is 7.35. The number of hydrogen-bond donors (Lipinski definition) is 0. The number of esters is 1. The van der Waals surface area contributed by atoms with Gasteiger partial charge >= 0.3 is 5.97 Å². The molecule has 3 heteroatoms. The van der Waals surface area contributed by atoms with Crippen molar-refractivity contribution in [1.82, 2.24) is 0 Å². The lowest BCUT2D eigenvalue weighted by Crippen LogP contribution is -2.10. The predicted molar refractivity (Wildman–Crippen MR) is 45.3 cm³/mol. The molecule has 3 nitrogen and oxygen atoms in total. The zero-order valence-electron chi connectivity index (χ0n) is 7.35. The fraction of sp³-hybridized carbons (Fsp3) is 0.333. The van der Waals surface area contributed by atoms with E-state index in [-0.39, 0.29) is 12.2 Å². The Balaban J connectivity index is 4.14. The van der Waals surface area contributed by atoms with Gasteiger partial charge in [-0.05, 0) is 12.5 Å². The quantitative estimate of drug-likeness (QED) is 0.364. The first-order valence-corrected chi connectivity index (χ1v) is 3.58. The molecule has 66 valence electrons. The second-order valence-electron chi connectivity index (χ2n) is 2.36. The van der Waals surface area contributed by atoms with Crippen LogP contribution in [0.5, 0.6) is 0 Å². The highest BCUT2D eigenvalue weighted by Gasteiger charge is 2.11. The van der Waals surface area contributed by atoms with Crippen molar-refractivity contribution in [3.63, 3.8) is 0 Å². The van der Waals surface area contributed by atoms with Crippen LogP contribution < -0.4 is 0 Å². The van der Waals surface area contributed by atoms with Gasteiger partial charge < -0.3 is 4.74 Å². The van der Waals surface area contributed by atoms with Gasteiger partial charge in [0.25, 0.3) is 0 Å². The number of allylic oxidation sites excluding steroid dienone is 1. The Kier molecular flexibility index (Phi) is 3.97. The second-order valence-corrected chi connectivity index (χ2v) is 2.36. The van der Waals surface area contributed by atoms with Crippen LogP contribution in [0.4, 0.5) is 0 Å². The molecule has 0 spiro atoms. The molecule has 0 saturated carbocycles. The third-order valence-electron chi connectivity index (χ3n) is 1.17. The smallest absolute Gasteiger partial charge is 0.311 e. The van der Waals surface area contributed by atoms with E-state index < -0.39 is 11.8 Å². The van der Waals surface area contributed by atoms with Gasteiger partial charge in [0.05, 0.1) is 0 Å². The Morgan fingerprint density at radius 3 is 2.17 bits per heavy atom. The molecule has 0 atom stereocenters. The van der Waals surface area contributed by atoms with Crippen LogP contribution in [0.25, 0.3) is 0 Å². The van der Waals surface area contributed by atoms with E-state index in [1.807, 2.05) is 0 Å². The molecule has 0 heterocycles. The van der Waals surface area contributed by atoms with Gasteiger partial charge in [0.2, 0.25) is 5.78 Å². The van der Waals surface area contributed by atoms with Gasteiger partial charge in [-0.3, -0.25) is 9.59 Å². The molecule has 0 fully saturated rings. The van der Waals surface area contributed by atoms with Crippen molar-refractivity contribution in [2.45, 2.75) is 20.3 Å². The lowest BCUT2D eigenvalue weighted by Gasteiger charge is -2.03. The summed E-state index contributed by atoms with van der Waals surface area (Å²) < 4.78 is 4.58. The number of ether oxygens (including phenoxy) is 1. The molecular formula is C9H12O3. The molecule has 0 N–H and O–H groups in total. The van der Waals surface area contributed by atoms with E-state index in [0.29, 0.717) is 5.57 Å². The summed E-state index contributed by atoms with van der Waals surface area (Å²) >= 11 is 0. The molecule has 0 saturated heterocycles. The van der Waals surface area contributed by atoms with Gasteiger partial charge in [-0.15, -0.1) is 0 Å². The van der Waals surface area contributed by atoms with Crippen molar-refractivity contribution in [1.29, 1.82) is 0 Å². The molecule has 0 aromatic carbocycles. The fourth-order valence-electron chi connectivity index (χ4n) is 0.494. The Labute approximate surface area is 71.7 Å². The van der Waals surface area contributed by atoms with Crippen molar-refractivity contribution >= 4 is 11.8 Å². The molecule has 0 aliphatic rings. The Morgan fingerprint density at radius 2 is 1.83 bits per heavy atom. The maximum Gasteiger partial charge on any atom is 0.311 e. The molecular weight excluding hydrogens is 156 g/mol. The Bertz CT molecular complexity index is 238.